The van der Waals surface area contributed by atoms with Gasteiger partial charge in [0, 0.05) is 0 Å². The zero-order valence-corrected chi connectivity index (χ0v) is 13.0. The van der Waals surface area contributed by atoms with Crippen molar-refractivity contribution in [3.8, 4) is 0 Å². The van der Waals surface area contributed by atoms with Gasteiger partial charge in [-0.1, -0.05) is 12.1 Å². The average molecular weight is 356 g/mol. The molecule has 2 unspecified atom stereocenters. The Morgan fingerprint density at radius 1 is 1.12 bits per heavy atom. The molecule has 9 nitrogen and oxygen atoms in total. The van der Waals surface area contributed by atoms with Crippen LogP contribution in [0.5, 0.6) is 0 Å². The minimum Gasteiger partial charge on any atom is -0.770 e. The first-order valence-electron chi connectivity index (χ1n) is 7.06. The molecule has 6 atom stereocenters. The number of amides is 2. The Hall–Kier alpha value is -1.69. The van der Waals surface area contributed by atoms with E-state index < -0.39 is 59.3 Å². The zero-order chi connectivity index (χ0) is 17.6. The van der Waals surface area contributed by atoms with Crippen molar-refractivity contribution >= 4 is 22.9 Å². The van der Waals surface area contributed by atoms with Gasteiger partial charge < -0.3 is 24.6 Å². The highest BCUT2D eigenvalue weighted by atomic mass is 32.2. The fourth-order valence-corrected chi connectivity index (χ4v) is 3.72. The zero-order valence-electron chi connectivity index (χ0n) is 12.1. The van der Waals surface area contributed by atoms with Crippen LogP contribution in [0.15, 0.2) is 24.3 Å². The van der Waals surface area contributed by atoms with Crippen molar-refractivity contribution in [1.82, 2.24) is 4.90 Å². The molecule has 0 radical (unpaired) electrons. The molecule has 24 heavy (non-hydrogen) atoms. The van der Waals surface area contributed by atoms with Crippen LogP contribution >= 0.6 is 0 Å². The lowest BCUT2D eigenvalue weighted by Crippen LogP contribution is -2.66. The summed E-state index contributed by atoms with van der Waals surface area (Å²) in [6, 6.07) is 4.26. The van der Waals surface area contributed by atoms with Crippen LogP contribution in [-0.4, -0.2) is 77.2 Å². The molecular formula is C14H14NO8S-. The third-order valence-electron chi connectivity index (χ3n) is 4.16. The Bertz CT molecular complexity index is 675. The standard InChI is InChI=1S/C14H15NO8S/c16-5-8-10(17)11(18)9(14(23-8)24(21)22)15-12(19)6-3-1-2-4-7(6)13(15)20/h1-4,8-11,14,16-18H,5H2,(H,21,22)/p-1/t8-,9-,10-,11-,14?/m1/s1. The number of aliphatic hydroxyl groups is 3. The van der Waals surface area contributed by atoms with Gasteiger partial charge in [0.25, 0.3) is 11.8 Å². The van der Waals surface area contributed by atoms with E-state index in [1.54, 1.807) is 12.1 Å². The molecule has 0 bridgehead atoms. The summed E-state index contributed by atoms with van der Waals surface area (Å²) in [7, 11) is 0. The molecule has 130 valence electrons. The molecule has 0 aliphatic carbocycles. The van der Waals surface area contributed by atoms with E-state index in [9.17, 15) is 28.6 Å². The third-order valence-corrected chi connectivity index (χ3v) is 4.93. The summed E-state index contributed by atoms with van der Waals surface area (Å²) in [4.78, 5) is 25.6. The second-order valence-corrected chi connectivity index (χ2v) is 6.47. The predicted octanol–water partition coefficient (Wildman–Crippen LogP) is -2.03. The molecule has 1 saturated heterocycles. The van der Waals surface area contributed by atoms with Gasteiger partial charge in [-0.3, -0.25) is 18.7 Å². The normalized spacial score (nSPS) is 34.3. The van der Waals surface area contributed by atoms with Gasteiger partial charge in [-0.2, -0.15) is 0 Å². The van der Waals surface area contributed by atoms with E-state index in [1.165, 1.54) is 12.1 Å². The van der Waals surface area contributed by atoms with Gasteiger partial charge in [-0.05, 0) is 23.2 Å². The summed E-state index contributed by atoms with van der Waals surface area (Å²) in [6.45, 7) is -0.735. The van der Waals surface area contributed by atoms with Crippen LogP contribution < -0.4 is 0 Å². The Morgan fingerprint density at radius 2 is 1.67 bits per heavy atom. The number of hydrogen-bond donors (Lipinski definition) is 3. The van der Waals surface area contributed by atoms with E-state index in [-0.39, 0.29) is 11.1 Å². The van der Waals surface area contributed by atoms with Crippen molar-refractivity contribution in [3.63, 3.8) is 0 Å². The number of imide groups is 1. The molecule has 0 aromatic heterocycles. The van der Waals surface area contributed by atoms with Crippen molar-refractivity contribution in [2.75, 3.05) is 6.61 Å². The molecule has 0 saturated carbocycles. The highest BCUT2D eigenvalue weighted by Gasteiger charge is 2.53. The molecule has 2 aliphatic heterocycles. The van der Waals surface area contributed by atoms with Crippen molar-refractivity contribution in [3.05, 3.63) is 35.4 Å². The molecule has 1 aromatic carbocycles. The van der Waals surface area contributed by atoms with Crippen LogP contribution in [0.2, 0.25) is 0 Å². The summed E-state index contributed by atoms with van der Waals surface area (Å²) in [5.41, 5.74) is -1.63. The van der Waals surface area contributed by atoms with Gasteiger partial charge in [0.05, 0.1) is 17.7 Å². The van der Waals surface area contributed by atoms with Crippen LogP contribution in [-0.2, 0) is 15.8 Å². The molecule has 0 spiro atoms. The number of nitrogens with zero attached hydrogens (tertiary/aromatic N) is 1. The molecule has 2 amide bonds. The second-order valence-electron chi connectivity index (χ2n) is 5.48. The fourth-order valence-electron chi connectivity index (χ4n) is 2.98. The molecule has 1 aromatic rings. The number of carbonyl (C=O) groups is 2. The van der Waals surface area contributed by atoms with E-state index in [2.05, 4.69) is 0 Å². The molecule has 2 aliphatic rings. The minimum absolute atomic E-state index is 0.0731. The lowest BCUT2D eigenvalue weighted by molar-refractivity contribution is -0.183. The summed E-state index contributed by atoms with van der Waals surface area (Å²) in [6.07, 6.45) is -4.81. The first-order valence-corrected chi connectivity index (χ1v) is 8.19. The number of carbonyl (C=O) groups excluding carboxylic acids is 2. The maximum atomic E-state index is 12.5. The largest absolute Gasteiger partial charge is 0.770 e. The number of rotatable bonds is 3. The monoisotopic (exact) mass is 356 g/mol. The highest BCUT2D eigenvalue weighted by molar-refractivity contribution is 7.79. The maximum absolute atomic E-state index is 12.5. The number of aliphatic hydroxyl groups excluding tert-OH is 3. The quantitative estimate of drug-likeness (QED) is 0.415. The SMILES string of the molecule is O=C1c2ccccc2C(=O)N1[C@H]1C(S(=O)[O-])O[C@H](CO)[C@@H](O)[C@@H]1O. The Labute approximate surface area is 138 Å². The van der Waals surface area contributed by atoms with Crippen LogP contribution in [0, 0.1) is 0 Å². The summed E-state index contributed by atoms with van der Waals surface area (Å²) >= 11 is -2.93. The van der Waals surface area contributed by atoms with Crippen molar-refractivity contribution in [2.45, 2.75) is 29.8 Å². The minimum atomic E-state index is -2.93. The molecule has 3 rings (SSSR count). The molecule has 10 heteroatoms. The summed E-state index contributed by atoms with van der Waals surface area (Å²) in [5, 5.41) is 29.4. The Kier molecular flexibility index (Phi) is 4.51. The molecule has 3 N–H and O–H groups in total. The second kappa shape index (κ2) is 6.31. The van der Waals surface area contributed by atoms with Gasteiger partial charge in [0.2, 0.25) is 0 Å². The molecular weight excluding hydrogens is 342 g/mol. The Morgan fingerprint density at radius 3 is 2.12 bits per heavy atom. The predicted molar refractivity (Wildman–Crippen MR) is 77.4 cm³/mol. The topological polar surface area (TPSA) is 147 Å². The van der Waals surface area contributed by atoms with Crippen molar-refractivity contribution < 1.29 is 38.4 Å². The van der Waals surface area contributed by atoms with Gasteiger partial charge in [-0.25, -0.2) is 0 Å². The molecule has 2 heterocycles. The highest BCUT2D eigenvalue weighted by Crippen LogP contribution is 2.32. The average Bonchev–Trinajstić information content (AvgIpc) is 2.82. The maximum Gasteiger partial charge on any atom is 0.262 e. The summed E-state index contributed by atoms with van der Waals surface area (Å²) in [5.74, 6) is -1.57. The van der Waals surface area contributed by atoms with Crippen LogP contribution in [0.3, 0.4) is 0 Å². The first kappa shape index (κ1) is 17.1. The van der Waals surface area contributed by atoms with Gasteiger partial charge in [0.15, 0.2) is 0 Å². The van der Waals surface area contributed by atoms with E-state index in [4.69, 9.17) is 9.84 Å². The van der Waals surface area contributed by atoms with Gasteiger partial charge in [-0.15, -0.1) is 0 Å². The summed E-state index contributed by atoms with van der Waals surface area (Å²) < 4.78 is 28.0. The van der Waals surface area contributed by atoms with Crippen LogP contribution in [0.25, 0.3) is 0 Å². The first-order chi connectivity index (χ1) is 11.4. The van der Waals surface area contributed by atoms with Crippen molar-refractivity contribution in [1.29, 1.82) is 0 Å². The van der Waals surface area contributed by atoms with Gasteiger partial charge in [0.1, 0.15) is 29.8 Å². The van der Waals surface area contributed by atoms with Crippen molar-refractivity contribution in [2.24, 2.45) is 0 Å². The smallest absolute Gasteiger partial charge is 0.262 e. The van der Waals surface area contributed by atoms with Crippen LogP contribution in [0.4, 0.5) is 0 Å². The number of ether oxygens (including phenoxy) is 1. The van der Waals surface area contributed by atoms with E-state index in [0.29, 0.717) is 4.90 Å². The van der Waals surface area contributed by atoms with E-state index in [0.717, 1.165) is 0 Å². The number of benzene rings is 1. The number of fused-ring (bicyclic) bond motifs is 1. The lowest BCUT2D eigenvalue weighted by atomic mass is 9.97. The third kappa shape index (κ3) is 2.48. The number of hydrogen-bond acceptors (Lipinski definition) is 8. The van der Waals surface area contributed by atoms with E-state index in [1.807, 2.05) is 0 Å². The van der Waals surface area contributed by atoms with Crippen LogP contribution in [0.1, 0.15) is 20.7 Å². The Balaban J connectivity index is 2.02. The fraction of sp³-hybridized carbons (Fsp3) is 0.429. The van der Waals surface area contributed by atoms with E-state index >= 15 is 0 Å². The molecule has 1 fully saturated rings. The lowest BCUT2D eigenvalue weighted by Gasteiger charge is -2.45. The van der Waals surface area contributed by atoms with Gasteiger partial charge >= 0.3 is 0 Å².